The van der Waals surface area contributed by atoms with Crippen LogP contribution in [-0.4, -0.2) is 64.7 Å². The molecule has 1 heterocycles. The highest BCUT2D eigenvalue weighted by Gasteiger charge is 2.31. The molecule has 0 aliphatic carbocycles. The predicted octanol–water partition coefficient (Wildman–Crippen LogP) is 0.0239. The maximum Gasteiger partial charge on any atom is 0.318 e. The van der Waals surface area contributed by atoms with Crippen molar-refractivity contribution in [1.82, 2.24) is 9.80 Å². The summed E-state index contributed by atoms with van der Waals surface area (Å²) in [6.45, 7) is 2.57. The number of nitrogens with zero attached hydrogens (tertiary/aromatic N) is 2. The smallest absolute Gasteiger partial charge is 0.318 e. The van der Waals surface area contributed by atoms with Gasteiger partial charge in [0, 0.05) is 32.7 Å². The highest BCUT2D eigenvalue weighted by atomic mass is 16.4. The first-order valence-electron chi connectivity index (χ1n) is 7.00. The molecule has 1 amide bonds. The summed E-state index contributed by atoms with van der Waals surface area (Å²) in [6.07, 6.45) is 0. The Morgan fingerprint density at radius 1 is 1.10 bits per heavy atom. The van der Waals surface area contributed by atoms with Crippen molar-refractivity contribution in [3.05, 3.63) is 35.9 Å². The molecule has 2 rings (SSSR count). The van der Waals surface area contributed by atoms with E-state index in [2.05, 4.69) is 17.0 Å². The van der Waals surface area contributed by atoms with Crippen LogP contribution < -0.4 is 0 Å². The highest BCUT2D eigenvalue weighted by Crippen LogP contribution is 2.11. The Kier molecular flexibility index (Phi) is 5.30. The third kappa shape index (κ3) is 4.03. The number of carboxylic acid groups (broad SMARTS) is 1. The van der Waals surface area contributed by atoms with Gasteiger partial charge in [-0.15, -0.1) is 0 Å². The van der Waals surface area contributed by atoms with Crippen LogP contribution in [0.4, 0.5) is 0 Å². The number of benzene rings is 1. The molecule has 0 radical (unpaired) electrons. The van der Waals surface area contributed by atoms with E-state index in [9.17, 15) is 9.59 Å². The second kappa shape index (κ2) is 7.19. The molecule has 0 spiro atoms. The van der Waals surface area contributed by atoms with Gasteiger partial charge in [0.25, 0.3) is 0 Å². The number of carbonyl (C=O) groups is 2. The fraction of sp³-hybridized carbons (Fsp3) is 0.467. The monoisotopic (exact) mass is 292 g/mol. The van der Waals surface area contributed by atoms with Crippen molar-refractivity contribution in [2.24, 2.45) is 5.92 Å². The van der Waals surface area contributed by atoms with Gasteiger partial charge in [0.15, 0.2) is 5.92 Å². The number of hydrogen-bond acceptors (Lipinski definition) is 4. The summed E-state index contributed by atoms with van der Waals surface area (Å²) in [4.78, 5) is 26.7. The van der Waals surface area contributed by atoms with E-state index in [-0.39, 0.29) is 0 Å². The SMILES string of the molecule is O=C(O)[C@@H](CO)C(=O)N1CCN(Cc2ccccc2)CC1. The van der Waals surface area contributed by atoms with E-state index >= 15 is 0 Å². The van der Waals surface area contributed by atoms with Crippen molar-refractivity contribution in [1.29, 1.82) is 0 Å². The molecule has 0 aromatic heterocycles. The number of aliphatic hydroxyl groups excluding tert-OH is 1. The van der Waals surface area contributed by atoms with E-state index in [4.69, 9.17) is 10.2 Å². The van der Waals surface area contributed by atoms with Crippen LogP contribution in [0.3, 0.4) is 0 Å². The van der Waals surface area contributed by atoms with Crippen molar-refractivity contribution in [3.63, 3.8) is 0 Å². The number of carboxylic acids is 1. The van der Waals surface area contributed by atoms with Gasteiger partial charge in [0.2, 0.25) is 5.91 Å². The third-order valence-corrected chi connectivity index (χ3v) is 3.71. The lowest BCUT2D eigenvalue weighted by Crippen LogP contribution is -2.51. The third-order valence-electron chi connectivity index (χ3n) is 3.71. The van der Waals surface area contributed by atoms with Crippen LogP contribution in [0.15, 0.2) is 30.3 Å². The quantitative estimate of drug-likeness (QED) is 0.748. The molecule has 1 fully saturated rings. The Balaban J connectivity index is 1.85. The largest absolute Gasteiger partial charge is 0.481 e. The van der Waals surface area contributed by atoms with Gasteiger partial charge in [-0.05, 0) is 5.56 Å². The molecule has 1 saturated heterocycles. The minimum Gasteiger partial charge on any atom is -0.481 e. The van der Waals surface area contributed by atoms with E-state index in [0.29, 0.717) is 26.2 Å². The second-order valence-electron chi connectivity index (χ2n) is 5.16. The van der Waals surface area contributed by atoms with Crippen molar-refractivity contribution < 1.29 is 19.8 Å². The normalized spacial score (nSPS) is 17.5. The van der Waals surface area contributed by atoms with Crippen molar-refractivity contribution in [2.75, 3.05) is 32.8 Å². The molecule has 1 aromatic carbocycles. The zero-order valence-electron chi connectivity index (χ0n) is 11.8. The molecular weight excluding hydrogens is 272 g/mol. The molecule has 1 atom stereocenters. The van der Waals surface area contributed by atoms with Crippen LogP contribution in [-0.2, 0) is 16.1 Å². The van der Waals surface area contributed by atoms with E-state index in [0.717, 1.165) is 6.54 Å². The number of amides is 1. The summed E-state index contributed by atoms with van der Waals surface area (Å²) in [7, 11) is 0. The molecule has 21 heavy (non-hydrogen) atoms. The number of rotatable bonds is 5. The van der Waals surface area contributed by atoms with Gasteiger partial charge in [-0.2, -0.15) is 0 Å². The summed E-state index contributed by atoms with van der Waals surface area (Å²) in [5, 5.41) is 17.9. The molecule has 1 aliphatic heterocycles. The van der Waals surface area contributed by atoms with Gasteiger partial charge in [0.1, 0.15) is 0 Å². The maximum atomic E-state index is 12.0. The summed E-state index contributed by atoms with van der Waals surface area (Å²) in [5.74, 6) is -3.11. The van der Waals surface area contributed by atoms with E-state index in [1.165, 1.54) is 10.5 Å². The Bertz CT molecular complexity index is 484. The maximum absolute atomic E-state index is 12.0. The van der Waals surface area contributed by atoms with Gasteiger partial charge in [-0.3, -0.25) is 14.5 Å². The summed E-state index contributed by atoms with van der Waals surface area (Å²) in [6, 6.07) is 10.1. The molecule has 6 heteroatoms. The number of carbonyl (C=O) groups excluding carboxylic acids is 1. The standard InChI is InChI=1S/C15H20N2O4/c18-11-13(15(20)21)14(19)17-8-6-16(7-9-17)10-12-4-2-1-3-5-12/h1-5,13,18H,6-11H2,(H,20,21)/t13-/m0/s1. The van der Waals surface area contributed by atoms with Gasteiger partial charge in [0.05, 0.1) is 6.61 Å². The lowest BCUT2D eigenvalue weighted by atomic mass is 10.1. The van der Waals surface area contributed by atoms with Crippen LogP contribution in [0.25, 0.3) is 0 Å². The lowest BCUT2D eigenvalue weighted by Gasteiger charge is -2.35. The predicted molar refractivity (Wildman–Crippen MR) is 76.5 cm³/mol. The van der Waals surface area contributed by atoms with Gasteiger partial charge in [-0.1, -0.05) is 30.3 Å². The Morgan fingerprint density at radius 3 is 2.24 bits per heavy atom. The van der Waals surface area contributed by atoms with Crippen molar-refractivity contribution >= 4 is 11.9 Å². The van der Waals surface area contributed by atoms with Gasteiger partial charge < -0.3 is 15.1 Å². The van der Waals surface area contributed by atoms with Gasteiger partial charge >= 0.3 is 5.97 Å². The van der Waals surface area contributed by atoms with Crippen molar-refractivity contribution in [2.45, 2.75) is 6.54 Å². The summed E-state index contributed by atoms with van der Waals surface area (Å²) >= 11 is 0. The average Bonchev–Trinajstić information content (AvgIpc) is 2.49. The summed E-state index contributed by atoms with van der Waals surface area (Å²) in [5.41, 5.74) is 1.22. The second-order valence-corrected chi connectivity index (χ2v) is 5.16. The molecule has 0 unspecified atom stereocenters. The average molecular weight is 292 g/mol. The van der Waals surface area contributed by atoms with E-state index in [1.54, 1.807) is 0 Å². The number of piperazine rings is 1. The van der Waals surface area contributed by atoms with Crippen molar-refractivity contribution in [3.8, 4) is 0 Å². The number of hydrogen-bond donors (Lipinski definition) is 2. The van der Waals surface area contributed by atoms with E-state index < -0.39 is 24.4 Å². The summed E-state index contributed by atoms with van der Waals surface area (Å²) < 4.78 is 0. The minimum atomic E-state index is -1.34. The molecule has 1 aliphatic rings. The first-order chi connectivity index (χ1) is 10.1. The van der Waals surface area contributed by atoms with Crippen LogP contribution in [0, 0.1) is 5.92 Å². The first-order valence-corrected chi connectivity index (χ1v) is 7.00. The topological polar surface area (TPSA) is 81.1 Å². The minimum absolute atomic E-state index is 0.495. The molecule has 0 saturated carbocycles. The van der Waals surface area contributed by atoms with Crippen LogP contribution in [0.5, 0.6) is 0 Å². The molecule has 114 valence electrons. The Hall–Kier alpha value is -1.92. The molecular formula is C15H20N2O4. The molecule has 6 nitrogen and oxygen atoms in total. The fourth-order valence-corrected chi connectivity index (χ4v) is 2.45. The number of aliphatic hydroxyl groups is 1. The van der Waals surface area contributed by atoms with Crippen LogP contribution in [0.2, 0.25) is 0 Å². The first kappa shape index (κ1) is 15.5. The Morgan fingerprint density at radius 2 is 1.71 bits per heavy atom. The zero-order valence-corrected chi connectivity index (χ0v) is 11.8. The zero-order chi connectivity index (χ0) is 15.2. The Labute approximate surface area is 123 Å². The fourth-order valence-electron chi connectivity index (χ4n) is 2.45. The lowest BCUT2D eigenvalue weighted by molar-refractivity contribution is -0.153. The molecule has 0 bridgehead atoms. The van der Waals surface area contributed by atoms with Crippen LogP contribution in [0.1, 0.15) is 5.56 Å². The van der Waals surface area contributed by atoms with Gasteiger partial charge in [-0.25, -0.2) is 0 Å². The molecule has 2 N–H and O–H groups in total. The van der Waals surface area contributed by atoms with Crippen LogP contribution >= 0.6 is 0 Å². The molecule has 1 aromatic rings. The number of aliphatic carboxylic acids is 1. The highest BCUT2D eigenvalue weighted by molar-refractivity contribution is 5.97. The van der Waals surface area contributed by atoms with E-state index in [1.807, 2.05) is 18.2 Å².